The molecule has 2 rings (SSSR count). The van der Waals surface area contributed by atoms with E-state index in [0.717, 1.165) is 28.8 Å². The van der Waals surface area contributed by atoms with Gasteiger partial charge in [-0.2, -0.15) is 0 Å². The Balaban J connectivity index is 2.05. The van der Waals surface area contributed by atoms with Gasteiger partial charge < -0.3 is 10.6 Å². The van der Waals surface area contributed by atoms with Crippen molar-refractivity contribution in [3.05, 3.63) is 58.3 Å². The molecule has 106 valence electrons. The lowest BCUT2D eigenvalue weighted by Gasteiger charge is -2.20. The van der Waals surface area contributed by atoms with Crippen LogP contribution in [0.1, 0.15) is 30.6 Å². The fraction of sp³-hybridized carbons (Fsp3) is 0.312. The van der Waals surface area contributed by atoms with Gasteiger partial charge in [-0.05, 0) is 36.2 Å². The lowest BCUT2D eigenvalue weighted by Crippen LogP contribution is -2.17. The molecular formula is C16H20BrN3. The molecule has 0 bridgehead atoms. The summed E-state index contributed by atoms with van der Waals surface area (Å²) in [5, 5.41) is 0. The number of anilines is 1. The van der Waals surface area contributed by atoms with E-state index in [1.165, 1.54) is 5.56 Å². The Morgan fingerprint density at radius 1 is 1.20 bits per heavy atom. The van der Waals surface area contributed by atoms with Crippen LogP contribution in [0.3, 0.4) is 0 Å². The molecule has 1 atom stereocenters. The number of hydrogen-bond acceptors (Lipinski definition) is 3. The van der Waals surface area contributed by atoms with Gasteiger partial charge in [-0.3, -0.25) is 4.98 Å². The first-order valence-electron chi connectivity index (χ1n) is 6.77. The van der Waals surface area contributed by atoms with E-state index < -0.39 is 0 Å². The molecule has 0 amide bonds. The van der Waals surface area contributed by atoms with Crippen LogP contribution in [0.5, 0.6) is 0 Å². The number of halogens is 1. The molecule has 1 heterocycles. The second kappa shape index (κ2) is 6.86. The Morgan fingerprint density at radius 2 is 1.90 bits per heavy atom. The average Bonchev–Trinajstić information content (AvgIpc) is 2.49. The summed E-state index contributed by atoms with van der Waals surface area (Å²) in [4.78, 5) is 6.63. The Morgan fingerprint density at radius 3 is 2.45 bits per heavy atom. The minimum absolute atomic E-state index is 0.0285. The normalized spacial score (nSPS) is 12.2. The molecule has 0 aliphatic rings. The van der Waals surface area contributed by atoms with Crippen LogP contribution in [0.4, 0.5) is 5.69 Å². The lowest BCUT2D eigenvalue weighted by molar-refractivity contribution is 0.675. The maximum absolute atomic E-state index is 5.98. The SMILES string of the molecule is CCC(N)c1ccc(N(C)Cc2ccc(Br)cc2)cn1. The molecule has 1 aromatic carbocycles. The zero-order chi connectivity index (χ0) is 14.5. The maximum Gasteiger partial charge on any atom is 0.0572 e. The van der Waals surface area contributed by atoms with Crippen LogP contribution >= 0.6 is 15.9 Å². The van der Waals surface area contributed by atoms with Crippen molar-refractivity contribution in [3.63, 3.8) is 0 Å². The summed E-state index contributed by atoms with van der Waals surface area (Å²) in [6.45, 7) is 2.92. The van der Waals surface area contributed by atoms with Crippen molar-refractivity contribution < 1.29 is 0 Å². The molecule has 0 spiro atoms. The van der Waals surface area contributed by atoms with E-state index in [2.05, 4.69) is 70.1 Å². The molecule has 0 aliphatic carbocycles. The minimum Gasteiger partial charge on any atom is -0.369 e. The van der Waals surface area contributed by atoms with E-state index in [1.54, 1.807) is 0 Å². The fourth-order valence-electron chi connectivity index (χ4n) is 2.01. The number of nitrogens with zero attached hydrogens (tertiary/aromatic N) is 2. The van der Waals surface area contributed by atoms with Crippen molar-refractivity contribution >= 4 is 21.6 Å². The van der Waals surface area contributed by atoms with E-state index >= 15 is 0 Å². The van der Waals surface area contributed by atoms with Crippen molar-refractivity contribution in [2.45, 2.75) is 25.9 Å². The molecule has 3 nitrogen and oxygen atoms in total. The van der Waals surface area contributed by atoms with Crippen molar-refractivity contribution in [2.24, 2.45) is 5.73 Å². The van der Waals surface area contributed by atoms with Crippen LogP contribution in [0.25, 0.3) is 0 Å². The first-order chi connectivity index (χ1) is 9.60. The zero-order valence-electron chi connectivity index (χ0n) is 11.9. The number of pyridine rings is 1. The number of hydrogen-bond donors (Lipinski definition) is 1. The number of rotatable bonds is 5. The topological polar surface area (TPSA) is 42.1 Å². The summed E-state index contributed by atoms with van der Waals surface area (Å²) < 4.78 is 1.10. The third-order valence-electron chi connectivity index (χ3n) is 3.36. The fourth-order valence-corrected chi connectivity index (χ4v) is 2.27. The Bertz CT molecular complexity index is 537. The molecule has 4 heteroatoms. The number of nitrogens with two attached hydrogens (primary N) is 1. The van der Waals surface area contributed by atoms with Crippen LogP contribution < -0.4 is 10.6 Å². The van der Waals surface area contributed by atoms with E-state index in [-0.39, 0.29) is 6.04 Å². The first kappa shape index (κ1) is 15.0. The second-order valence-electron chi connectivity index (χ2n) is 4.94. The van der Waals surface area contributed by atoms with E-state index in [4.69, 9.17) is 5.73 Å². The minimum atomic E-state index is 0.0285. The first-order valence-corrected chi connectivity index (χ1v) is 7.56. The van der Waals surface area contributed by atoms with Crippen LogP contribution in [-0.4, -0.2) is 12.0 Å². The number of benzene rings is 1. The standard InChI is InChI=1S/C16H20BrN3/c1-3-15(18)16-9-8-14(10-19-16)20(2)11-12-4-6-13(17)7-5-12/h4-10,15H,3,11,18H2,1-2H3. The van der Waals surface area contributed by atoms with Crippen LogP contribution in [0, 0.1) is 0 Å². The number of aromatic nitrogens is 1. The maximum atomic E-state index is 5.98. The van der Waals surface area contributed by atoms with E-state index in [9.17, 15) is 0 Å². The molecular weight excluding hydrogens is 314 g/mol. The largest absolute Gasteiger partial charge is 0.369 e. The second-order valence-corrected chi connectivity index (χ2v) is 5.85. The summed E-state index contributed by atoms with van der Waals surface area (Å²) in [5.41, 5.74) is 9.30. The molecule has 0 radical (unpaired) electrons. The highest BCUT2D eigenvalue weighted by atomic mass is 79.9. The molecule has 2 N–H and O–H groups in total. The molecule has 0 saturated carbocycles. The van der Waals surface area contributed by atoms with E-state index in [0.29, 0.717) is 0 Å². The van der Waals surface area contributed by atoms with Gasteiger partial charge in [0.25, 0.3) is 0 Å². The average molecular weight is 334 g/mol. The zero-order valence-corrected chi connectivity index (χ0v) is 13.5. The Kier molecular flexibility index (Phi) is 5.15. The quantitative estimate of drug-likeness (QED) is 0.902. The van der Waals surface area contributed by atoms with Gasteiger partial charge in [0, 0.05) is 24.1 Å². The third kappa shape index (κ3) is 3.81. The van der Waals surface area contributed by atoms with Crippen LogP contribution in [-0.2, 0) is 6.54 Å². The predicted molar refractivity (Wildman–Crippen MR) is 87.7 cm³/mol. The van der Waals surface area contributed by atoms with Gasteiger partial charge in [0.2, 0.25) is 0 Å². The van der Waals surface area contributed by atoms with E-state index in [1.807, 2.05) is 12.3 Å². The molecule has 2 aromatic rings. The van der Waals surface area contributed by atoms with Crippen molar-refractivity contribution in [3.8, 4) is 0 Å². The monoisotopic (exact) mass is 333 g/mol. The van der Waals surface area contributed by atoms with Gasteiger partial charge in [0.15, 0.2) is 0 Å². The molecule has 0 aliphatic heterocycles. The smallest absolute Gasteiger partial charge is 0.0572 e. The summed E-state index contributed by atoms with van der Waals surface area (Å²) in [5.74, 6) is 0. The summed E-state index contributed by atoms with van der Waals surface area (Å²) in [7, 11) is 2.07. The highest BCUT2D eigenvalue weighted by Gasteiger charge is 2.07. The highest BCUT2D eigenvalue weighted by Crippen LogP contribution is 2.18. The van der Waals surface area contributed by atoms with Gasteiger partial charge in [-0.15, -0.1) is 0 Å². The molecule has 1 unspecified atom stereocenters. The van der Waals surface area contributed by atoms with Crippen molar-refractivity contribution in [1.29, 1.82) is 0 Å². The molecule has 0 fully saturated rings. The Labute approximate surface area is 129 Å². The van der Waals surface area contributed by atoms with Crippen LogP contribution in [0.15, 0.2) is 47.1 Å². The summed E-state index contributed by atoms with van der Waals surface area (Å²) >= 11 is 3.45. The molecule has 20 heavy (non-hydrogen) atoms. The van der Waals surface area contributed by atoms with Gasteiger partial charge >= 0.3 is 0 Å². The lowest BCUT2D eigenvalue weighted by atomic mass is 10.1. The van der Waals surface area contributed by atoms with Gasteiger partial charge in [-0.1, -0.05) is 35.0 Å². The van der Waals surface area contributed by atoms with Gasteiger partial charge in [0.05, 0.1) is 17.6 Å². The van der Waals surface area contributed by atoms with Gasteiger partial charge in [-0.25, -0.2) is 0 Å². The molecule has 0 saturated heterocycles. The third-order valence-corrected chi connectivity index (χ3v) is 3.89. The summed E-state index contributed by atoms with van der Waals surface area (Å²) in [6.07, 6.45) is 2.80. The summed E-state index contributed by atoms with van der Waals surface area (Å²) in [6, 6.07) is 12.5. The van der Waals surface area contributed by atoms with Crippen molar-refractivity contribution in [2.75, 3.05) is 11.9 Å². The van der Waals surface area contributed by atoms with Gasteiger partial charge in [0.1, 0.15) is 0 Å². The van der Waals surface area contributed by atoms with Crippen LogP contribution in [0.2, 0.25) is 0 Å². The Hall–Kier alpha value is -1.39. The van der Waals surface area contributed by atoms with Crippen molar-refractivity contribution in [1.82, 2.24) is 4.98 Å². The predicted octanol–water partition coefficient (Wildman–Crippen LogP) is 3.89. The highest BCUT2D eigenvalue weighted by molar-refractivity contribution is 9.10. The molecule has 1 aromatic heterocycles.